The van der Waals surface area contributed by atoms with E-state index in [0.29, 0.717) is 49.9 Å². The molecule has 0 saturated carbocycles. The number of halogens is 2. The monoisotopic (exact) mass is 680 g/mol. The number of benzene rings is 3. The van der Waals surface area contributed by atoms with Gasteiger partial charge in [-0.15, -0.1) is 0 Å². The summed E-state index contributed by atoms with van der Waals surface area (Å²) in [6, 6.07) is 20.7. The predicted octanol–water partition coefficient (Wildman–Crippen LogP) is 5.99. The van der Waals surface area contributed by atoms with Gasteiger partial charge in [-0.2, -0.15) is 0 Å². The molecular weight excluding hydrogens is 647 g/mol. The first-order valence-electron chi connectivity index (χ1n) is 14.7. The van der Waals surface area contributed by atoms with E-state index in [2.05, 4.69) is 21.0 Å². The average Bonchev–Trinajstić information content (AvgIpc) is 3.01. The number of anilines is 3. The number of sulfonamides is 1. The number of urea groups is 1. The van der Waals surface area contributed by atoms with Crippen molar-refractivity contribution in [3.05, 3.63) is 107 Å². The van der Waals surface area contributed by atoms with Crippen LogP contribution in [0.1, 0.15) is 34.5 Å². The fraction of sp³-hybridized carbons (Fsp3) is 0.242. The molecule has 4 aromatic rings. The van der Waals surface area contributed by atoms with E-state index in [1.54, 1.807) is 41.3 Å². The number of nitrogens with zero attached hydrogens (tertiary/aromatic N) is 3. The lowest BCUT2D eigenvalue weighted by atomic mass is 10.0. The predicted molar refractivity (Wildman–Crippen MR) is 179 cm³/mol. The van der Waals surface area contributed by atoms with Gasteiger partial charge in [0.25, 0.3) is 5.91 Å². The largest absolute Gasteiger partial charge is 0.366 e. The summed E-state index contributed by atoms with van der Waals surface area (Å²) in [5, 5.41) is 3.33. The molecule has 0 aliphatic carbocycles. The van der Waals surface area contributed by atoms with E-state index in [-0.39, 0.29) is 11.7 Å². The van der Waals surface area contributed by atoms with Gasteiger partial charge in [0.15, 0.2) is 0 Å². The number of nitrogens with two attached hydrogens (primary N) is 1. The second-order valence-electron chi connectivity index (χ2n) is 11.2. The number of likely N-dealkylation sites (tertiary alicyclic amines) is 1. The molecule has 0 spiro atoms. The summed E-state index contributed by atoms with van der Waals surface area (Å²) >= 11 is 1.48. The smallest absolute Gasteiger partial charge is 0.326 e. The fourth-order valence-corrected chi connectivity index (χ4v) is 6.78. The van der Waals surface area contributed by atoms with Crippen LogP contribution in [-0.2, 0) is 16.6 Å². The number of nitrogens with one attached hydrogen (secondary N) is 2. The summed E-state index contributed by atoms with van der Waals surface area (Å²) in [7, 11) is -3.34. The number of carbonyl (C=O) groups excluding carboxylic acids is 2. The van der Waals surface area contributed by atoms with Gasteiger partial charge in [-0.05, 0) is 73.9 Å². The number of hydrogen-bond donors (Lipinski definition) is 3. The van der Waals surface area contributed by atoms with E-state index >= 15 is 0 Å². The first-order valence-corrected chi connectivity index (χ1v) is 17.5. The maximum atomic E-state index is 14.6. The maximum absolute atomic E-state index is 14.6. The highest BCUT2D eigenvalue weighted by atomic mass is 32.2. The molecule has 10 nitrogen and oxygen atoms in total. The molecule has 0 unspecified atom stereocenters. The zero-order valence-corrected chi connectivity index (χ0v) is 27.4. The van der Waals surface area contributed by atoms with E-state index in [1.165, 1.54) is 11.8 Å². The Morgan fingerprint density at radius 3 is 2.30 bits per heavy atom. The zero-order chi connectivity index (χ0) is 33.7. The highest BCUT2D eigenvalue weighted by molar-refractivity contribution is 7.99. The molecule has 0 atom stereocenters. The Morgan fingerprint density at radius 2 is 1.68 bits per heavy atom. The second kappa shape index (κ2) is 14.5. The van der Waals surface area contributed by atoms with E-state index in [4.69, 9.17) is 10.7 Å². The molecule has 0 bridgehead atoms. The highest BCUT2D eigenvalue weighted by Gasteiger charge is 2.30. The molecule has 3 amide bonds. The third kappa shape index (κ3) is 8.84. The molecule has 0 radical (unpaired) electrons. The number of pyridine rings is 1. The van der Waals surface area contributed by atoms with Crippen LogP contribution in [0, 0.1) is 18.6 Å². The van der Waals surface area contributed by atoms with Crippen LogP contribution in [0.15, 0.2) is 88.8 Å². The number of rotatable bonds is 10. The number of hydrogen-bond acceptors (Lipinski definition) is 7. The summed E-state index contributed by atoms with van der Waals surface area (Å²) in [6.45, 7) is 4.03. The molecule has 47 heavy (non-hydrogen) atoms. The van der Waals surface area contributed by atoms with Crippen LogP contribution in [0.5, 0.6) is 0 Å². The number of piperidine rings is 1. The van der Waals surface area contributed by atoms with E-state index in [0.717, 1.165) is 33.5 Å². The number of amides is 3. The van der Waals surface area contributed by atoms with Crippen molar-refractivity contribution in [1.82, 2.24) is 9.88 Å². The van der Waals surface area contributed by atoms with Gasteiger partial charge >= 0.3 is 6.03 Å². The molecular formula is C33H34F2N6O4S2. The van der Waals surface area contributed by atoms with Gasteiger partial charge in [-0.3, -0.25) is 19.3 Å². The molecule has 1 aliphatic rings. The van der Waals surface area contributed by atoms with Crippen LogP contribution < -0.4 is 20.7 Å². The van der Waals surface area contributed by atoms with Crippen LogP contribution >= 0.6 is 11.8 Å². The number of primary amides is 1. The van der Waals surface area contributed by atoms with Gasteiger partial charge < -0.3 is 11.1 Å². The van der Waals surface area contributed by atoms with Crippen LogP contribution in [0.2, 0.25) is 0 Å². The van der Waals surface area contributed by atoms with Crippen molar-refractivity contribution in [2.24, 2.45) is 5.73 Å². The second-order valence-corrected chi connectivity index (χ2v) is 14.1. The summed E-state index contributed by atoms with van der Waals surface area (Å²) in [6.07, 6.45) is 2.39. The first kappa shape index (κ1) is 33.8. The lowest BCUT2D eigenvalue weighted by molar-refractivity contribution is 0.0996. The van der Waals surface area contributed by atoms with Crippen molar-refractivity contribution in [2.45, 2.75) is 42.3 Å². The van der Waals surface area contributed by atoms with Crippen LogP contribution in [0.4, 0.5) is 30.6 Å². The van der Waals surface area contributed by atoms with Gasteiger partial charge in [0, 0.05) is 53.7 Å². The van der Waals surface area contributed by atoms with Crippen molar-refractivity contribution in [1.29, 1.82) is 0 Å². The molecule has 1 saturated heterocycles. The SMILES string of the molecule is Cc1nc(Sc2ccc(NS(C)(=O)=O)cc2)ccc1CN1CCC(N(C(=O)Nc2cc(C(N)=O)c(F)cc2F)c2ccccc2)CC1. The van der Waals surface area contributed by atoms with E-state index in [9.17, 15) is 26.8 Å². The maximum Gasteiger partial charge on any atom is 0.326 e. The van der Waals surface area contributed by atoms with Gasteiger partial charge in [0.2, 0.25) is 10.0 Å². The Hall–Kier alpha value is -4.53. The average molecular weight is 681 g/mol. The number of carbonyl (C=O) groups is 2. The molecule has 1 aromatic heterocycles. The van der Waals surface area contributed by atoms with Crippen molar-refractivity contribution in [3.63, 3.8) is 0 Å². The molecule has 2 heterocycles. The van der Waals surface area contributed by atoms with E-state index in [1.807, 2.05) is 31.2 Å². The zero-order valence-electron chi connectivity index (χ0n) is 25.7. The molecule has 4 N–H and O–H groups in total. The Morgan fingerprint density at radius 1 is 1.00 bits per heavy atom. The minimum Gasteiger partial charge on any atom is -0.366 e. The van der Waals surface area contributed by atoms with Crippen molar-refractivity contribution < 1.29 is 26.8 Å². The Kier molecular flexibility index (Phi) is 10.4. The van der Waals surface area contributed by atoms with Crippen molar-refractivity contribution in [3.8, 4) is 0 Å². The number of para-hydroxylation sites is 1. The van der Waals surface area contributed by atoms with Gasteiger partial charge in [-0.1, -0.05) is 36.0 Å². The van der Waals surface area contributed by atoms with Crippen LogP contribution in [-0.4, -0.2) is 55.6 Å². The Balaban J connectivity index is 1.22. The van der Waals surface area contributed by atoms with Crippen molar-refractivity contribution >= 4 is 50.8 Å². The summed E-state index contributed by atoms with van der Waals surface area (Å²) in [5.74, 6) is -3.19. The molecule has 246 valence electrons. The lowest BCUT2D eigenvalue weighted by Gasteiger charge is -2.38. The third-order valence-electron chi connectivity index (χ3n) is 7.68. The molecule has 5 rings (SSSR count). The lowest BCUT2D eigenvalue weighted by Crippen LogP contribution is -2.49. The molecule has 1 fully saturated rings. The van der Waals surface area contributed by atoms with Crippen molar-refractivity contribution in [2.75, 3.05) is 34.3 Å². The van der Waals surface area contributed by atoms with Gasteiger partial charge in [0.05, 0.1) is 17.5 Å². The van der Waals surface area contributed by atoms with Gasteiger partial charge in [-0.25, -0.2) is 27.0 Å². The Labute approximate surface area is 276 Å². The Bertz CT molecular complexity index is 1870. The number of aryl methyl sites for hydroxylation is 1. The van der Waals surface area contributed by atoms with E-state index < -0.39 is 39.2 Å². The minimum absolute atomic E-state index is 0.204. The topological polar surface area (TPSA) is 138 Å². The van der Waals surface area contributed by atoms with Crippen LogP contribution in [0.3, 0.4) is 0 Å². The molecule has 3 aromatic carbocycles. The standard InChI is InChI=1S/C33H34F2N6O4S2/c1-21-22(8-13-31(37-21)46-26-11-9-23(10-12-26)39-47(2,44)45)20-40-16-14-25(15-17-40)41(24-6-4-3-5-7-24)33(43)38-30-18-27(32(36)42)28(34)19-29(30)35/h3-13,18-19,25,39H,14-17,20H2,1-2H3,(H2,36,42)(H,38,43). The third-order valence-corrected chi connectivity index (χ3v) is 9.23. The fourth-order valence-electron chi connectivity index (χ4n) is 5.38. The minimum atomic E-state index is -3.34. The first-order chi connectivity index (χ1) is 22.4. The normalized spacial score (nSPS) is 14.0. The quantitative estimate of drug-likeness (QED) is 0.187. The molecule has 14 heteroatoms. The number of aromatic nitrogens is 1. The molecule has 1 aliphatic heterocycles. The summed E-state index contributed by atoms with van der Waals surface area (Å²) in [4.78, 5) is 34.7. The highest BCUT2D eigenvalue weighted by Crippen LogP contribution is 2.30. The van der Waals surface area contributed by atoms with Crippen LogP contribution in [0.25, 0.3) is 0 Å². The summed E-state index contributed by atoms with van der Waals surface area (Å²) < 4.78 is 54.0. The van der Waals surface area contributed by atoms with Gasteiger partial charge in [0.1, 0.15) is 16.7 Å². The summed E-state index contributed by atoms with van der Waals surface area (Å²) in [5.41, 5.74) is 7.45.